The Morgan fingerprint density at radius 2 is 1.89 bits per heavy atom. The van der Waals surface area contributed by atoms with Gasteiger partial charge in [-0.25, -0.2) is 13.4 Å². The van der Waals surface area contributed by atoms with E-state index in [4.69, 9.17) is 0 Å². The van der Waals surface area contributed by atoms with Crippen molar-refractivity contribution in [2.24, 2.45) is 7.05 Å². The second-order valence-corrected chi connectivity index (χ2v) is 10.0. The van der Waals surface area contributed by atoms with E-state index in [2.05, 4.69) is 15.0 Å². The molecule has 3 aromatic rings. The SMILES string of the molecule is Cc1cnn(C)c1C(=O)N1CCN(c2nc3ccc(S(C)(=O)=O)cc3s2)CC1. The molecule has 1 amide bonds. The minimum absolute atomic E-state index is 0.000700. The van der Waals surface area contributed by atoms with Crippen molar-refractivity contribution in [3.05, 3.63) is 35.7 Å². The number of aromatic nitrogens is 3. The van der Waals surface area contributed by atoms with Crippen LogP contribution in [0.15, 0.2) is 29.3 Å². The lowest BCUT2D eigenvalue weighted by atomic mass is 10.2. The Hall–Kier alpha value is -2.46. The van der Waals surface area contributed by atoms with Gasteiger partial charge in [0.2, 0.25) is 0 Å². The van der Waals surface area contributed by atoms with Gasteiger partial charge in [0.1, 0.15) is 5.69 Å². The van der Waals surface area contributed by atoms with Crippen LogP contribution in [0.25, 0.3) is 10.2 Å². The van der Waals surface area contributed by atoms with Crippen LogP contribution in [-0.4, -0.2) is 66.4 Å². The molecule has 1 aliphatic heterocycles. The Balaban J connectivity index is 1.50. The number of thiazole rings is 1. The molecular weight excluding hydrogens is 398 g/mol. The topological polar surface area (TPSA) is 88.4 Å². The molecule has 0 atom stereocenters. The van der Waals surface area contributed by atoms with Crippen LogP contribution in [0.1, 0.15) is 16.1 Å². The molecule has 1 aliphatic rings. The van der Waals surface area contributed by atoms with Crippen molar-refractivity contribution in [1.29, 1.82) is 0 Å². The second kappa shape index (κ2) is 6.85. The fourth-order valence-corrected chi connectivity index (χ4v) is 5.14. The molecule has 0 bridgehead atoms. The average molecular weight is 420 g/mol. The zero-order valence-electron chi connectivity index (χ0n) is 15.9. The Labute approximate surface area is 167 Å². The molecule has 28 heavy (non-hydrogen) atoms. The Kier molecular flexibility index (Phi) is 4.62. The van der Waals surface area contributed by atoms with Gasteiger partial charge < -0.3 is 9.80 Å². The first-order chi connectivity index (χ1) is 13.2. The number of hydrogen-bond acceptors (Lipinski definition) is 7. The third kappa shape index (κ3) is 3.37. The third-order valence-electron chi connectivity index (χ3n) is 4.94. The van der Waals surface area contributed by atoms with Gasteiger partial charge in [0.15, 0.2) is 15.0 Å². The summed E-state index contributed by atoms with van der Waals surface area (Å²) in [6.45, 7) is 4.47. The summed E-state index contributed by atoms with van der Waals surface area (Å²) in [5, 5.41) is 5.00. The molecule has 1 saturated heterocycles. The Morgan fingerprint density at radius 3 is 2.50 bits per heavy atom. The second-order valence-electron chi connectivity index (χ2n) is 6.98. The van der Waals surface area contributed by atoms with Gasteiger partial charge in [0.25, 0.3) is 5.91 Å². The van der Waals surface area contributed by atoms with Crippen LogP contribution < -0.4 is 4.90 Å². The standard InChI is InChI=1S/C18H21N5O3S2/c1-12-11-19-21(2)16(12)17(24)22-6-8-23(9-7-22)18-20-14-5-4-13(28(3,25)26)10-15(14)27-18/h4-5,10-11H,6-9H2,1-3H3. The highest BCUT2D eigenvalue weighted by Crippen LogP contribution is 2.31. The number of rotatable bonds is 3. The lowest BCUT2D eigenvalue weighted by molar-refractivity contribution is 0.0735. The highest BCUT2D eigenvalue weighted by molar-refractivity contribution is 7.90. The number of nitrogens with zero attached hydrogens (tertiary/aromatic N) is 5. The monoisotopic (exact) mass is 419 g/mol. The highest BCUT2D eigenvalue weighted by atomic mass is 32.2. The summed E-state index contributed by atoms with van der Waals surface area (Å²) in [4.78, 5) is 21.7. The summed E-state index contributed by atoms with van der Waals surface area (Å²) in [7, 11) is -1.46. The maximum absolute atomic E-state index is 12.8. The van der Waals surface area contributed by atoms with Crippen molar-refractivity contribution in [2.75, 3.05) is 37.3 Å². The molecule has 0 aliphatic carbocycles. The molecule has 10 heteroatoms. The van der Waals surface area contributed by atoms with Crippen LogP contribution in [-0.2, 0) is 16.9 Å². The molecule has 1 fully saturated rings. The van der Waals surface area contributed by atoms with Crippen LogP contribution in [0.5, 0.6) is 0 Å². The molecule has 0 unspecified atom stereocenters. The van der Waals surface area contributed by atoms with Crippen molar-refractivity contribution in [2.45, 2.75) is 11.8 Å². The zero-order valence-corrected chi connectivity index (χ0v) is 17.5. The number of hydrogen-bond donors (Lipinski definition) is 0. The zero-order chi connectivity index (χ0) is 20.1. The number of benzene rings is 1. The van der Waals surface area contributed by atoms with Crippen molar-refractivity contribution in [3.63, 3.8) is 0 Å². The van der Waals surface area contributed by atoms with Gasteiger partial charge in [-0.05, 0) is 30.7 Å². The molecule has 4 rings (SSSR count). The Morgan fingerprint density at radius 1 is 1.18 bits per heavy atom. The summed E-state index contributed by atoms with van der Waals surface area (Å²) in [5.74, 6) is -0.000700. The van der Waals surface area contributed by atoms with E-state index in [9.17, 15) is 13.2 Å². The molecule has 2 aromatic heterocycles. The van der Waals surface area contributed by atoms with Gasteiger partial charge in [-0.2, -0.15) is 5.10 Å². The van der Waals surface area contributed by atoms with Gasteiger partial charge in [0.05, 0.1) is 21.3 Å². The van der Waals surface area contributed by atoms with Gasteiger partial charge in [0, 0.05) is 39.5 Å². The van der Waals surface area contributed by atoms with Crippen LogP contribution in [0.2, 0.25) is 0 Å². The number of amides is 1. The highest BCUT2D eigenvalue weighted by Gasteiger charge is 2.26. The quantitative estimate of drug-likeness (QED) is 0.642. The van der Waals surface area contributed by atoms with Gasteiger partial charge in [-0.1, -0.05) is 11.3 Å². The van der Waals surface area contributed by atoms with E-state index in [-0.39, 0.29) is 5.91 Å². The van der Waals surface area contributed by atoms with Crippen molar-refractivity contribution in [1.82, 2.24) is 19.7 Å². The molecule has 3 heterocycles. The maximum atomic E-state index is 12.8. The van der Waals surface area contributed by atoms with Crippen LogP contribution in [0, 0.1) is 6.92 Å². The number of anilines is 1. The minimum atomic E-state index is -3.24. The summed E-state index contributed by atoms with van der Waals surface area (Å²) in [5.41, 5.74) is 2.29. The van der Waals surface area contributed by atoms with Crippen molar-refractivity contribution >= 4 is 42.4 Å². The van der Waals surface area contributed by atoms with E-state index in [0.717, 1.165) is 20.9 Å². The summed E-state index contributed by atoms with van der Waals surface area (Å²) in [6, 6.07) is 5.02. The minimum Gasteiger partial charge on any atom is -0.345 e. The number of piperazine rings is 1. The molecule has 8 nitrogen and oxygen atoms in total. The molecule has 0 N–H and O–H groups in total. The fraction of sp³-hybridized carbons (Fsp3) is 0.389. The lowest BCUT2D eigenvalue weighted by Crippen LogP contribution is -2.49. The maximum Gasteiger partial charge on any atom is 0.272 e. The number of carbonyl (C=O) groups excluding carboxylic acids is 1. The molecular formula is C18H21N5O3S2. The summed E-state index contributed by atoms with van der Waals surface area (Å²) >= 11 is 1.48. The first kappa shape index (κ1) is 18.9. The number of sulfone groups is 1. The molecule has 0 saturated carbocycles. The number of fused-ring (bicyclic) bond motifs is 1. The third-order valence-corrected chi connectivity index (χ3v) is 7.13. The van der Waals surface area contributed by atoms with Crippen LogP contribution >= 0.6 is 11.3 Å². The van der Waals surface area contributed by atoms with E-state index in [0.29, 0.717) is 36.8 Å². The molecule has 1 aromatic carbocycles. The van der Waals surface area contributed by atoms with Crippen LogP contribution in [0.4, 0.5) is 5.13 Å². The lowest BCUT2D eigenvalue weighted by Gasteiger charge is -2.34. The Bertz CT molecular complexity index is 1140. The van der Waals surface area contributed by atoms with E-state index in [1.807, 2.05) is 11.8 Å². The molecule has 0 radical (unpaired) electrons. The number of aryl methyl sites for hydroxylation is 2. The van der Waals surface area contributed by atoms with E-state index >= 15 is 0 Å². The molecule has 0 spiro atoms. The number of carbonyl (C=O) groups is 1. The predicted molar refractivity (Wildman–Crippen MR) is 109 cm³/mol. The van der Waals surface area contributed by atoms with Crippen LogP contribution in [0.3, 0.4) is 0 Å². The van der Waals surface area contributed by atoms with Gasteiger partial charge in [-0.15, -0.1) is 0 Å². The first-order valence-corrected chi connectivity index (χ1v) is 11.6. The first-order valence-electron chi connectivity index (χ1n) is 8.87. The summed E-state index contributed by atoms with van der Waals surface area (Å²) in [6.07, 6.45) is 2.91. The van der Waals surface area contributed by atoms with Crippen molar-refractivity contribution < 1.29 is 13.2 Å². The largest absolute Gasteiger partial charge is 0.345 e. The fourth-order valence-electron chi connectivity index (χ4n) is 3.36. The van der Waals surface area contributed by atoms with Crippen molar-refractivity contribution in [3.8, 4) is 0 Å². The summed E-state index contributed by atoms with van der Waals surface area (Å²) < 4.78 is 26.0. The predicted octanol–water partition coefficient (Wildman–Crippen LogP) is 1.70. The average Bonchev–Trinajstić information content (AvgIpc) is 3.23. The van der Waals surface area contributed by atoms with E-state index in [1.165, 1.54) is 17.6 Å². The van der Waals surface area contributed by atoms with E-state index in [1.54, 1.807) is 36.1 Å². The normalized spacial score (nSPS) is 15.4. The smallest absolute Gasteiger partial charge is 0.272 e. The van der Waals surface area contributed by atoms with Gasteiger partial charge >= 0.3 is 0 Å². The molecule has 148 valence electrons. The van der Waals surface area contributed by atoms with Gasteiger partial charge in [-0.3, -0.25) is 9.48 Å². The van der Waals surface area contributed by atoms with E-state index < -0.39 is 9.84 Å².